The van der Waals surface area contributed by atoms with Crippen molar-refractivity contribution >= 4 is 11.6 Å². The van der Waals surface area contributed by atoms with E-state index in [1.165, 1.54) is 11.3 Å². The molecule has 150 valence electrons. The van der Waals surface area contributed by atoms with Crippen LogP contribution in [0.5, 0.6) is 5.75 Å². The first kappa shape index (κ1) is 20.2. The van der Waals surface area contributed by atoms with E-state index >= 15 is 0 Å². The zero-order chi connectivity index (χ0) is 20.0. The second kappa shape index (κ2) is 9.09. The van der Waals surface area contributed by atoms with E-state index in [-0.39, 0.29) is 17.9 Å². The maximum atomic E-state index is 12.1. The van der Waals surface area contributed by atoms with E-state index in [0.29, 0.717) is 5.92 Å². The van der Waals surface area contributed by atoms with Crippen molar-refractivity contribution < 1.29 is 9.53 Å². The molecule has 2 heterocycles. The number of nitrogens with zero attached hydrogens (tertiary/aromatic N) is 2. The first-order chi connectivity index (χ1) is 13.4. The second-order valence-electron chi connectivity index (χ2n) is 8.50. The third kappa shape index (κ3) is 5.72. The normalized spacial score (nSPS) is 15.3. The fourth-order valence-electron chi connectivity index (χ4n) is 3.46. The van der Waals surface area contributed by atoms with Crippen LogP contribution in [0.3, 0.4) is 0 Å². The maximum absolute atomic E-state index is 12.1. The van der Waals surface area contributed by atoms with E-state index in [1.807, 2.05) is 36.7 Å². The summed E-state index contributed by atoms with van der Waals surface area (Å²) >= 11 is 0. The molecule has 1 saturated heterocycles. The lowest BCUT2D eigenvalue weighted by Crippen LogP contribution is -2.39. The molecule has 1 N–H and O–H groups in total. The van der Waals surface area contributed by atoms with Gasteiger partial charge in [0.2, 0.25) is 0 Å². The Kier molecular flexibility index (Phi) is 6.55. The highest BCUT2D eigenvalue weighted by Gasteiger charge is 2.20. The van der Waals surface area contributed by atoms with Gasteiger partial charge in [0.1, 0.15) is 5.75 Å². The fourth-order valence-corrected chi connectivity index (χ4v) is 3.46. The van der Waals surface area contributed by atoms with Crippen molar-refractivity contribution in [3.05, 3.63) is 54.4 Å². The number of nitrogens with one attached hydrogen (secondary N) is 1. The lowest BCUT2D eigenvalue weighted by Gasteiger charge is -2.33. The van der Waals surface area contributed by atoms with Crippen molar-refractivity contribution in [1.82, 2.24) is 10.3 Å². The number of rotatable bonds is 6. The number of carbonyl (C=O) groups excluding carboxylic acids is 1. The van der Waals surface area contributed by atoms with Gasteiger partial charge in [-0.2, -0.15) is 0 Å². The summed E-state index contributed by atoms with van der Waals surface area (Å²) in [6.45, 7) is 9.34. The van der Waals surface area contributed by atoms with E-state index in [4.69, 9.17) is 4.74 Å². The molecule has 1 aromatic carbocycles. The molecule has 0 unspecified atom stereocenters. The third-order valence-electron chi connectivity index (χ3n) is 5.32. The molecule has 0 aliphatic carbocycles. The molecule has 5 nitrogen and oxygen atoms in total. The van der Waals surface area contributed by atoms with Gasteiger partial charge in [0.05, 0.1) is 0 Å². The van der Waals surface area contributed by atoms with E-state index in [9.17, 15) is 4.79 Å². The minimum absolute atomic E-state index is 0.0588. The number of piperidine rings is 1. The highest BCUT2D eigenvalue weighted by Crippen LogP contribution is 2.24. The molecular formula is C23H31N3O2. The summed E-state index contributed by atoms with van der Waals surface area (Å²) in [5.41, 5.74) is 2.59. The van der Waals surface area contributed by atoms with Crippen molar-refractivity contribution in [3.63, 3.8) is 0 Å². The van der Waals surface area contributed by atoms with Crippen LogP contribution in [-0.2, 0) is 10.2 Å². The Hall–Kier alpha value is -2.56. The molecule has 0 spiro atoms. The summed E-state index contributed by atoms with van der Waals surface area (Å²) in [5, 5.41) is 3.02. The van der Waals surface area contributed by atoms with Crippen LogP contribution in [0.1, 0.15) is 39.2 Å². The molecule has 0 bridgehead atoms. The number of aromatic nitrogens is 1. The van der Waals surface area contributed by atoms with Gasteiger partial charge < -0.3 is 15.0 Å². The smallest absolute Gasteiger partial charge is 0.257 e. The summed E-state index contributed by atoms with van der Waals surface area (Å²) < 4.78 is 5.62. The van der Waals surface area contributed by atoms with Gasteiger partial charge in [-0.05, 0) is 54.0 Å². The van der Waals surface area contributed by atoms with Gasteiger partial charge in [-0.25, -0.2) is 0 Å². The Morgan fingerprint density at radius 3 is 2.36 bits per heavy atom. The van der Waals surface area contributed by atoms with Crippen LogP contribution in [0.15, 0.2) is 48.8 Å². The zero-order valence-corrected chi connectivity index (χ0v) is 17.1. The van der Waals surface area contributed by atoms with Crippen LogP contribution < -0.4 is 15.0 Å². The first-order valence-corrected chi connectivity index (χ1v) is 10.1. The number of anilines is 1. The summed E-state index contributed by atoms with van der Waals surface area (Å²) in [6, 6.07) is 12.1. The molecular weight excluding hydrogens is 350 g/mol. The SMILES string of the molecule is CC(C)(C)c1ccc(OCC(=O)NCC2CCN(c3ccncc3)CC2)cc1. The number of hydrogen-bond acceptors (Lipinski definition) is 4. The van der Waals surface area contributed by atoms with Crippen LogP contribution in [0.25, 0.3) is 0 Å². The Bertz CT molecular complexity index is 746. The van der Waals surface area contributed by atoms with Crippen molar-refractivity contribution in [2.45, 2.75) is 39.0 Å². The predicted molar refractivity (Wildman–Crippen MR) is 113 cm³/mol. The minimum atomic E-state index is -0.0588. The van der Waals surface area contributed by atoms with Crippen molar-refractivity contribution in [2.75, 3.05) is 31.1 Å². The number of benzene rings is 1. The van der Waals surface area contributed by atoms with E-state index in [2.05, 4.69) is 48.1 Å². The molecule has 5 heteroatoms. The van der Waals surface area contributed by atoms with E-state index in [0.717, 1.165) is 38.2 Å². The largest absolute Gasteiger partial charge is 0.484 e. The van der Waals surface area contributed by atoms with Gasteiger partial charge >= 0.3 is 0 Å². The molecule has 0 atom stereocenters. The Labute approximate surface area is 168 Å². The van der Waals surface area contributed by atoms with Crippen LogP contribution in [-0.4, -0.2) is 37.1 Å². The third-order valence-corrected chi connectivity index (χ3v) is 5.32. The zero-order valence-electron chi connectivity index (χ0n) is 17.1. The van der Waals surface area contributed by atoms with Crippen LogP contribution >= 0.6 is 0 Å². The summed E-state index contributed by atoms with van der Waals surface area (Å²) in [6.07, 6.45) is 5.83. The molecule has 3 rings (SSSR count). The molecule has 1 aliphatic rings. The molecule has 2 aromatic rings. The fraction of sp³-hybridized carbons (Fsp3) is 0.478. The lowest BCUT2D eigenvalue weighted by atomic mass is 9.87. The van der Waals surface area contributed by atoms with Crippen LogP contribution in [0.4, 0.5) is 5.69 Å². The highest BCUT2D eigenvalue weighted by atomic mass is 16.5. The number of carbonyl (C=O) groups is 1. The van der Waals surface area contributed by atoms with Gasteiger partial charge in [-0.3, -0.25) is 9.78 Å². The molecule has 1 fully saturated rings. The second-order valence-corrected chi connectivity index (χ2v) is 8.50. The molecule has 1 aromatic heterocycles. The molecule has 28 heavy (non-hydrogen) atoms. The standard InChI is InChI=1S/C23H31N3O2/c1-23(2,3)19-4-6-21(7-5-19)28-17-22(27)25-16-18-10-14-26(15-11-18)20-8-12-24-13-9-20/h4-9,12-13,18H,10-11,14-17H2,1-3H3,(H,25,27). The Balaban J connectivity index is 1.36. The monoisotopic (exact) mass is 381 g/mol. The number of amides is 1. The van der Waals surface area contributed by atoms with Crippen molar-refractivity contribution in [3.8, 4) is 5.75 Å². The van der Waals surface area contributed by atoms with Gasteiger partial charge in [-0.15, -0.1) is 0 Å². The molecule has 1 amide bonds. The quantitative estimate of drug-likeness (QED) is 0.827. The van der Waals surface area contributed by atoms with Crippen molar-refractivity contribution in [1.29, 1.82) is 0 Å². The number of ether oxygens (including phenoxy) is 1. The summed E-state index contributed by atoms with van der Waals surface area (Å²) in [4.78, 5) is 18.6. The number of hydrogen-bond donors (Lipinski definition) is 1. The van der Waals surface area contributed by atoms with Crippen LogP contribution in [0, 0.1) is 5.92 Å². The van der Waals surface area contributed by atoms with E-state index in [1.54, 1.807) is 0 Å². The minimum Gasteiger partial charge on any atom is -0.484 e. The number of pyridine rings is 1. The maximum Gasteiger partial charge on any atom is 0.257 e. The summed E-state index contributed by atoms with van der Waals surface area (Å²) in [7, 11) is 0. The average Bonchev–Trinajstić information content (AvgIpc) is 2.71. The van der Waals surface area contributed by atoms with Gasteiger partial charge in [0.25, 0.3) is 5.91 Å². The van der Waals surface area contributed by atoms with Gasteiger partial charge in [-0.1, -0.05) is 32.9 Å². The molecule has 0 saturated carbocycles. The van der Waals surface area contributed by atoms with Gasteiger partial charge in [0, 0.05) is 37.7 Å². The first-order valence-electron chi connectivity index (χ1n) is 10.1. The van der Waals surface area contributed by atoms with Crippen molar-refractivity contribution in [2.24, 2.45) is 5.92 Å². The highest BCUT2D eigenvalue weighted by molar-refractivity contribution is 5.77. The molecule has 0 radical (unpaired) electrons. The van der Waals surface area contributed by atoms with E-state index < -0.39 is 0 Å². The summed E-state index contributed by atoms with van der Waals surface area (Å²) in [5.74, 6) is 1.19. The lowest BCUT2D eigenvalue weighted by molar-refractivity contribution is -0.123. The topological polar surface area (TPSA) is 54.5 Å². The van der Waals surface area contributed by atoms with Crippen LogP contribution in [0.2, 0.25) is 0 Å². The van der Waals surface area contributed by atoms with Gasteiger partial charge in [0.15, 0.2) is 6.61 Å². The average molecular weight is 382 g/mol. The Morgan fingerprint density at radius 1 is 1.11 bits per heavy atom. The molecule has 1 aliphatic heterocycles. The predicted octanol–water partition coefficient (Wildman–Crippen LogP) is 3.79. The Morgan fingerprint density at radius 2 is 1.75 bits per heavy atom.